The van der Waals surface area contributed by atoms with Crippen molar-refractivity contribution < 1.29 is 24.5 Å². The van der Waals surface area contributed by atoms with Crippen LogP contribution in [0.2, 0.25) is 0 Å². The third-order valence-electron chi connectivity index (χ3n) is 3.57. The Morgan fingerprint density at radius 3 is 2.89 bits per heavy atom. The molecule has 1 aliphatic rings. The zero-order valence-electron chi connectivity index (χ0n) is 15.6. The largest absolute Gasteiger partial charge is 0.390 e. The van der Waals surface area contributed by atoms with Crippen molar-refractivity contribution in [3.05, 3.63) is 22.2 Å². The van der Waals surface area contributed by atoms with Crippen LogP contribution in [0.1, 0.15) is 32.1 Å². The number of nitrogen functional groups attached to an aromatic ring is 1. The fourth-order valence-corrected chi connectivity index (χ4v) is 2.32. The van der Waals surface area contributed by atoms with E-state index >= 15 is 0 Å². The molecule has 5 N–H and O–H groups in total. The summed E-state index contributed by atoms with van der Waals surface area (Å²) in [6.07, 6.45) is -0.400. The Morgan fingerprint density at radius 2 is 2.26 bits per heavy atom. The van der Waals surface area contributed by atoms with E-state index in [4.69, 9.17) is 20.3 Å². The Kier molecular flexibility index (Phi) is 9.46. The zero-order chi connectivity index (χ0) is 20.4. The molecule has 1 aliphatic heterocycles. The summed E-state index contributed by atoms with van der Waals surface area (Å²) >= 11 is 0. The predicted molar refractivity (Wildman–Crippen MR) is 97.6 cm³/mol. The van der Waals surface area contributed by atoms with Crippen molar-refractivity contribution in [1.82, 2.24) is 14.9 Å². The lowest BCUT2D eigenvalue weighted by molar-refractivity contribution is -0.123. The van der Waals surface area contributed by atoms with Crippen molar-refractivity contribution in [3.63, 3.8) is 0 Å². The molecule has 1 fully saturated rings. The van der Waals surface area contributed by atoms with Crippen LogP contribution in [-0.2, 0) is 14.3 Å². The van der Waals surface area contributed by atoms with E-state index in [2.05, 4.69) is 22.1 Å². The Balaban J connectivity index is 0.00000176. The molecular weight excluding hydrogens is 356 g/mol. The number of hydrogen-bond donors (Lipinski definition) is 4. The lowest BCUT2D eigenvalue weighted by Crippen LogP contribution is -2.29. The Labute approximate surface area is 157 Å². The van der Waals surface area contributed by atoms with Crippen LogP contribution in [0, 0.1) is 11.8 Å². The molecule has 2 rings (SSSR count). The smallest absolute Gasteiger partial charge is 0.351 e. The van der Waals surface area contributed by atoms with Gasteiger partial charge in [0.05, 0.1) is 24.8 Å². The summed E-state index contributed by atoms with van der Waals surface area (Å²) in [5.74, 6) is 4.74. The molecule has 0 spiro atoms. The van der Waals surface area contributed by atoms with E-state index < -0.39 is 36.6 Å². The quantitative estimate of drug-likeness (QED) is 0.455. The maximum atomic E-state index is 12.1. The van der Waals surface area contributed by atoms with E-state index in [-0.39, 0.29) is 31.0 Å². The molecule has 2 heterocycles. The van der Waals surface area contributed by atoms with Gasteiger partial charge in [0, 0.05) is 19.7 Å². The third kappa shape index (κ3) is 6.33. The molecule has 1 saturated heterocycles. The first kappa shape index (κ1) is 22.6. The molecule has 1 aromatic heterocycles. The summed E-state index contributed by atoms with van der Waals surface area (Å²) in [4.78, 5) is 26.7. The number of ether oxygens (including phenoxy) is 2. The molecule has 0 aromatic carbocycles. The Hall–Kier alpha value is -2.45. The normalized spacial score (nSPS) is 20.9. The average Bonchev–Trinajstić information content (AvgIpc) is 3.02. The van der Waals surface area contributed by atoms with E-state index in [1.165, 1.54) is 17.9 Å². The van der Waals surface area contributed by atoms with Gasteiger partial charge in [0.15, 0.2) is 0 Å². The first-order valence-corrected chi connectivity index (χ1v) is 8.53. The molecule has 10 heteroatoms. The average molecular weight is 382 g/mol. The number of anilines is 1. The van der Waals surface area contributed by atoms with Crippen molar-refractivity contribution in [2.24, 2.45) is 0 Å². The predicted octanol–water partition coefficient (Wildman–Crippen LogP) is -1.39. The number of hydrogen-bond acceptors (Lipinski definition) is 8. The lowest BCUT2D eigenvalue weighted by Gasteiger charge is -2.15. The number of aliphatic hydroxyl groups excluding tert-OH is 2. The molecule has 27 heavy (non-hydrogen) atoms. The molecular formula is C17H26N4O6. The highest BCUT2D eigenvalue weighted by atomic mass is 16.6. The highest BCUT2D eigenvalue weighted by Gasteiger charge is 2.35. The second-order valence-electron chi connectivity index (χ2n) is 5.35. The van der Waals surface area contributed by atoms with Gasteiger partial charge in [0.2, 0.25) is 5.91 Å². The topological polar surface area (TPSA) is 149 Å². The highest BCUT2D eigenvalue weighted by Crippen LogP contribution is 2.28. The standard InChI is InChI=1S/C15H20N4O6.C2H6/c1-24-8-11-10(21)5-13(25-11)19-6-9(14(16)18-15(19)23)3-2-4-17-12(22)7-20;1-2/h6,10-11,13,20-21H,4-5,7-8H2,1H3,(H,17,22)(H2,16,18,23);1-2H3. The summed E-state index contributed by atoms with van der Waals surface area (Å²) in [6, 6.07) is 0. The van der Waals surface area contributed by atoms with Gasteiger partial charge in [0.25, 0.3) is 0 Å². The number of nitrogens with two attached hydrogens (primary N) is 1. The SMILES string of the molecule is CC.COCC1OC(n2cc(C#CCNC(=O)CO)c(N)nc2=O)CC1O. The fourth-order valence-electron chi connectivity index (χ4n) is 2.32. The van der Waals surface area contributed by atoms with Crippen LogP contribution < -0.4 is 16.7 Å². The summed E-state index contributed by atoms with van der Waals surface area (Å²) in [5, 5.41) is 20.9. The number of carbonyl (C=O) groups is 1. The van der Waals surface area contributed by atoms with Gasteiger partial charge < -0.3 is 30.7 Å². The first-order chi connectivity index (χ1) is 13.0. The van der Waals surface area contributed by atoms with Gasteiger partial charge in [0.1, 0.15) is 24.8 Å². The minimum Gasteiger partial charge on any atom is -0.390 e. The van der Waals surface area contributed by atoms with Gasteiger partial charge in [-0.05, 0) is 0 Å². The molecule has 1 amide bonds. The minimum atomic E-state index is -0.766. The number of rotatable bonds is 5. The van der Waals surface area contributed by atoms with E-state index in [0.717, 1.165) is 0 Å². The number of aromatic nitrogens is 2. The molecule has 150 valence electrons. The number of nitrogens with zero attached hydrogens (tertiary/aromatic N) is 2. The van der Waals surface area contributed by atoms with Crippen LogP contribution in [0.3, 0.4) is 0 Å². The number of methoxy groups -OCH3 is 1. The fraction of sp³-hybridized carbons (Fsp3) is 0.588. The summed E-state index contributed by atoms with van der Waals surface area (Å²) < 4.78 is 11.8. The van der Waals surface area contributed by atoms with Crippen LogP contribution in [0.25, 0.3) is 0 Å². The number of nitrogens with one attached hydrogen (secondary N) is 1. The number of carbonyl (C=O) groups excluding carboxylic acids is 1. The first-order valence-electron chi connectivity index (χ1n) is 8.53. The van der Waals surface area contributed by atoms with E-state index in [1.807, 2.05) is 13.8 Å². The van der Waals surface area contributed by atoms with Gasteiger partial charge in [-0.3, -0.25) is 9.36 Å². The van der Waals surface area contributed by atoms with Gasteiger partial charge >= 0.3 is 5.69 Å². The third-order valence-corrected chi connectivity index (χ3v) is 3.57. The Bertz CT molecular complexity index is 739. The van der Waals surface area contributed by atoms with Crippen molar-refractivity contribution >= 4 is 11.7 Å². The van der Waals surface area contributed by atoms with Crippen LogP contribution in [-0.4, -0.2) is 64.7 Å². The van der Waals surface area contributed by atoms with Crippen LogP contribution in [0.4, 0.5) is 5.82 Å². The number of amides is 1. The molecule has 0 radical (unpaired) electrons. The summed E-state index contributed by atoms with van der Waals surface area (Å²) in [7, 11) is 1.49. The molecule has 0 saturated carbocycles. The highest BCUT2D eigenvalue weighted by molar-refractivity contribution is 5.77. The van der Waals surface area contributed by atoms with Crippen molar-refractivity contribution in [2.45, 2.75) is 38.7 Å². The van der Waals surface area contributed by atoms with Gasteiger partial charge in [-0.2, -0.15) is 4.98 Å². The molecule has 3 atom stereocenters. The molecule has 0 bridgehead atoms. The monoisotopic (exact) mass is 382 g/mol. The van der Waals surface area contributed by atoms with Crippen LogP contribution in [0.15, 0.2) is 11.0 Å². The summed E-state index contributed by atoms with van der Waals surface area (Å²) in [5.41, 5.74) is 5.36. The maximum absolute atomic E-state index is 12.1. The van der Waals surface area contributed by atoms with E-state index in [9.17, 15) is 14.7 Å². The van der Waals surface area contributed by atoms with Crippen LogP contribution in [0.5, 0.6) is 0 Å². The van der Waals surface area contributed by atoms with Crippen molar-refractivity contribution in [1.29, 1.82) is 0 Å². The number of aliphatic hydroxyl groups is 2. The van der Waals surface area contributed by atoms with E-state index in [1.54, 1.807) is 0 Å². The van der Waals surface area contributed by atoms with Crippen LogP contribution >= 0.6 is 0 Å². The minimum absolute atomic E-state index is 0.00646. The molecule has 10 nitrogen and oxygen atoms in total. The van der Waals surface area contributed by atoms with Gasteiger partial charge in [-0.15, -0.1) is 0 Å². The zero-order valence-corrected chi connectivity index (χ0v) is 15.6. The lowest BCUT2D eigenvalue weighted by atomic mass is 10.2. The van der Waals surface area contributed by atoms with Gasteiger partial charge in [-0.1, -0.05) is 25.7 Å². The maximum Gasteiger partial charge on any atom is 0.351 e. The second kappa shape index (κ2) is 11.3. The van der Waals surface area contributed by atoms with E-state index in [0.29, 0.717) is 0 Å². The molecule has 1 aromatic rings. The molecule has 0 aliphatic carbocycles. The van der Waals surface area contributed by atoms with Crippen molar-refractivity contribution in [3.8, 4) is 11.8 Å². The summed E-state index contributed by atoms with van der Waals surface area (Å²) in [6.45, 7) is 3.58. The second-order valence-corrected chi connectivity index (χ2v) is 5.35. The van der Waals surface area contributed by atoms with Crippen molar-refractivity contribution in [2.75, 3.05) is 32.6 Å². The van der Waals surface area contributed by atoms with Gasteiger partial charge in [-0.25, -0.2) is 4.79 Å². The Morgan fingerprint density at radius 1 is 1.56 bits per heavy atom. The molecule has 3 unspecified atom stereocenters.